The first-order valence-corrected chi connectivity index (χ1v) is 6.44. The van der Waals surface area contributed by atoms with Crippen molar-refractivity contribution in [3.8, 4) is 0 Å². The van der Waals surface area contributed by atoms with E-state index in [1.54, 1.807) is 6.20 Å². The number of hydrogen-bond acceptors (Lipinski definition) is 2. The summed E-state index contributed by atoms with van der Waals surface area (Å²) in [5.41, 5.74) is 2.13. The van der Waals surface area contributed by atoms with E-state index in [0.29, 0.717) is 6.42 Å². The van der Waals surface area contributed by atoms with Gasteiger partial charge < -0.3 is 5.11 Å². The summed E-state index contributed by atoms with van der Waals surface area (Å²) in [6.45, 7) is 0. The van der Waals surface area contributed by atoms with Crippen LogP contribution in [0, 0.1) is 0 Å². The minimum absolute atomic E-state index is 0.340. The van der Waals surface area contributed by atoms with Gasteiger partial charge in [0.1, 0.15) is 0 Å². The molecule has 0 saturated heterocycles. The predicted octanol–water partition coefficient (Wildman–Crippen LogP) is 3.27. The van der Waals surface area contributed by atoms with Crippen molar-refractivity contribution in [1.82, 2.24) is 4.98 Å². The highest BCUT2D eigenvalue weighted by molar-refractivity contribution is 6.30. The number of aliphatic hydroxyl groups is 1. The molecule has 0 aliphatic heterocycles. The standard InChI is InChI=1S/C15H16ClNO/c16-13-6-4-12(5-7-13)11-15(18)9-8-14-3-1-2-10-17-14/h1-7,10,15,18H,8-9,11H2. The Bertz CT molecular complexity index is 470. The van der Waals surface area contributed by atoms with E-state index in [-0.39, 0.29) is 6.10 Å². The van der Waals surface area contributed by atoms with E-state index in [2.05, 4.69) is 4.98 Å². The van der Waals surface area contributed by atoms with Crippen LogP contribution in [0.4, 0.5) is 0 Å². The third-order valence-corrected chi connectivity index (χ3v) is 3.10. The molecule has 1 aromatic carbocycles. The van der Waals surface area contributed by atoms with E-state index in [0.717, 1.165) is 29.1 Å². The first-order valence-electron chi connectivity index (χ1n) is 6.06. The van der Waals surface area contributed by atoms with Crippen LogP contribution in [-0.2, 0) is 12.8 Å². The molecule has 2 rings (SSSR count). The van der Waals surface area contributed by atoms with Crippen molar-refractivity contribution in [2.24, 2.45) is 0 Å². The van der Waals surface area contributed by atoms with Gasteiger partial charge in [-0.25, -0.2) is 0 Å². The van der Waals surface area contributed by atoms with Gasteiger partial charge in [-0.2, -0.15) is 0 Å². The lowest BCUT2D eigenvalue weighted by Crippen LogP contribution is -2.11. The van der Waals surface area contributed by atoms with Crippen molar-refractivity contribution in [2.75, 3.05) is 0 Å². The molecule has 1 unspecified atom stereocenters. The topological polar surface area (TPSA) is 33.1 Å². The highest BCUT2D eigenvalue weighted by Crippen LogP contribution is 2.13. The van der Waals surface area contributed by atoms with Gasteiger partial charge >= 0.3 is 0 Å². The van der Waals surface area contributed by atoms with Gasteiger partial charge in [0.25, 0.3) is 0 Å². The molecule has 0 radical (unpaired) electrons. The summed E-state index contributed by atoms with van der Waals surface area (Å²) in [5, 5.41) is 10.7. The van der Waals surface area contributed by atoms with Crippen molar-refractivity contribution in [2.45, 2.75) is 25.4 Å². The minimum atomic E-state index is -0.340. The summed E-state index contributed by atoms with van der Waals surface area (Å²) in [5.74, 6) is 0. The zero-order chi connectivity index (χ0) is 12.8. The predicted molar refractivity (Wildman–Crippen MR) is 73.7 cm³/mol. The SMILES string of the molecule is OC(CCc1ccccn1)Cc1ccc(Cl)cc1. The Morgan fingerprint density at radius 1 is 1.11 bits per heavy atom. The molecule has 0 spiro atoms. The molecular weight excluding hydrogens is 246 g/mol. The molecule has 1 heterocycles. The van der Waals surface area contributed by atoms with Gasteiger partial charge in [-0.1, -0.05) is 29.8 Å². The Balaban J connectivity index is 1.82. The number of nitrogens with zero attached hydrogens (tertiary/aromatic N) is 1. The summed E-state index contributed by atoms with van der Waals surface area (Å²) >= 11 is 5.82. The van der Waals surface area contributed by atoms with Gasteiger partial charge in [0.05, 0.1) is 6.10 Å². The molecule has 2 nitrogen and oxygen atoms in total. The lowest BCUT2D eigenvalue weighted by molar-refractivity contribution is 0.165. The molecule has 1 atom stereocenters. The number of aryl methyl sites for hydroxylation is 1. The maximum Gasteiger partial charge on any atom is 0.0584 e. The highest BCUT2D eigenvalue weighted by atomic mass is 35.5. The maximum atomic E-state index is 9.97. The number of halogens is 1. The van der Waals surface area contributed by atoms with E-state index in [4.69, 9.17) is 11.6 Å². The maximum absolute atomic E-state index is 9.97. The number of aliphatic hydroxyl groups excluding tert-OH is 1. The fourth-order valence-corrected chi connectivity index (χ4v) is 1.98. The summed E-state index contributed by atoms with van der Waals surface area (Å²) in [6, 6.07) is 13.4. The Labute approximate surface area is 112 Å². The van der Waals surface area contributed by atoms with Crippen LogP contribution >= 0.6 is 11.6 Å². The Morgan fingerprint density at radius 3 is 2.56 bits per heavy atom. The van der Waals surface area contributed by atoms with Crippen molar-refractivity contribution >= 4 is 11.6 Å². The van der Waals surface area contributed by atoms with Crippen LogP contribution < -0.4 is 0 Å². The second kappa shape index (κ2) is 6.53. The molecule has 1 N–H and O–H groups in total. The fraction of sp³-hybridized carbons (Fsp3) is 0.267. The lowest BCUT2D eigenvalue weighted by atomic mass is 10.0. The normalized spacial score (nSPS) is 12.3. The molecule has 2 aromatic rings. The van der Waals surface area contributed by atoms with Crippen LogP contribution in [0.2, 0.25) is 5.02 Å². The van der Waals surface area contributed by atoms with Gasteiger partial charge in [-0.3, -0.25) is 4.98 Å². The molecule has 0 aliphatic carbocycles. The zero-order valence-electron chi connectivity index (χ0n) is 10.1. The Hall–Kier alpha value is -1.38. The van der Waals surface area contributed by atoms with Crippen LogP contribution in [0.15, 0.2) is 48.7 Å². The Morgan fingerprint density at radius 2 is 1.89 bits per heavy atom. The van der Waals surface area contributed by atoms with Crippen molar-refractivity contribution in [3.05, 3.63) is 64.9 Å². The fourth-order valence-electron chi connectivity index (χ4n) is 1.86. The third kappa shape index (κ3) is 4.13. The molecule has 3 heteroatoms. The van der Waals surface area contributed by atoms with Gasteiger partial charge in [-0.05, 0) is 49.1 Å². The van der Waals surface area contributed by atoms with E-state index in [9.17, 15) is 5.11 Å². The zero-order valence-corrected chi connectivity index (χ0v) is 10.8. The third-order valence-electron chi connectivity index (χ3n) is 2.84. The summed E-state index contributed by atoms with van der Waals surface area (Å²) in [6.07, 6.45) is 3.62. The molecular formula is C15H16ClNO. The minimum Gasteiger partial charge on any atom is -0.393 e. The number of rotatable bonds is 5. The molecule has 0 amide bonds. The number of pyridine rings is 1. The largest absolute Gasteiger partial charge is 0.393 e. The van der Waals surface area contributed by atoms with Gasteiger partial charge in [0.15, 0.2) is 0 Å². The van der Waals surface area contributed by atoms with E-state index >= 15 is 0 Å². The number of hydrogen-bond donors (Lipinski definition) is 1. The van der Waals surface area contributed by atoms with Crippen molar-refractivity contribution < 1.29 is 5.11 Å². The monoisotopic (exact) mass is 261 g/mol. The molecule has 0 bridgehead atoms. The average molecular weight is 262 g/mol. The quantitative estimate of drug-likeness (QED) is 0.896. The average Bonchev–Trinajstić information content (AvgIpc) is 2.40. The first-order chi connectivity index (χ1) is 8.74. The van der Waals surface area contributed by atoms with Crippen LogP contribution in [0.5, 0.6) is 0 Å². The van der Waals surface area contributed by atoms with Gasteiger partial charge in [-0.15, -0.1) is 0 Å². The molecule has 1 aromatic heterocycles. The van der Waals surface area contributed by atoms with Crippen LogP contribution in [0.3, 0.4) is 0 Å². The van der Waals surface area contributed by atoms with Crippen molar-refractivity contribution in [1.29, 1.82) is 0 Å². The smallest absolute Gasteiger partial charge is 0.0584 e. The highest BCUT2D eigenvalue weighted by Gasteiger charge is 2.06. The molecule has 0 saturated carbocycles. The molecule has 0 fully saturated rings. The first kappa shape index (κ1) is 13.1. The Kier molecular flexibility index (Phi) is 4.73. The van der Waals surface area contributed by atoms with Crippen LogP contribution in [0.1, 0.15) is 17.7 Å². The summed E-state index contributed by atoms with van der Waals surface area (Å²) in [4.78, 5) is 4.24. The number of benzene rings is 1. The lowest BCUT2D eigenvalue weighted by Gasteiger charge is -2.10. The molecule has 0 aliphatic rings. The van der Waals surface area contributed by atoms with Gasteiger partial charge in [0.2, 0.25) is 0 Å². The summed E-state index contributed by atoms with van der Waals surface area (Å²) in [7, 11) is 0. The van der Waals surface area contributed by atoms with Crippen LogP contribution in [0.25, 0.3) is 0 Å². The second-order valence-electron chi connectivity index (χ2n) is 4.34. The molecule has 94 valence electrons. The second-order valence-corrected chi connectivity index (χ2v) is 4.78. The van der Waals surface area contributed by atoms with Crippen LogP contribution in [-0.4, -0.2) is 16.2 Å². The van der Waals surface area contributed by atoms with Gasteiger partial charge in [0, 0.05) is 16.9 Å². The molecule has 18 heavy (non-hydrogen) atoms. The van der Waals surface area contributed by atoms with E-state index in [1.165, 1.54) is 0 Å². The van der Waals surface area contributed by atoms with E-state index in [1.807, 2.05) is 42.5 Å². The number of aromatic nitrogens is 1. The summed E-state index contributed by atoms with van der Waals surface area (Å²) < 4.78 is 0. The van der Waals surface area contributed by atoms with Crippen molar-refractivity contribution in [3.63, 3.8) is 0 Å². The van der Waals surface area contributed by atoms with E-state index < -0.39 is 0 Å².